The number of hydrogen-bond donors (Lipinski definition) is 2. The van der Waals surface area contributed by atoms with E-state index in [1.807, 2.05) is 48.6 Å². The minimum absolute atomic E-state index is 0.0552. The first-order valence-electron chi connectivity index (χ1n) is 8.56. The molecule has 28 heavy (non-hydrogen) atoms. The van der Waals surface area contributed by atoms with Crippen molar-refractivity contribution in [3.8, 4) is 0 Å². The van der Waals surface area contributed by atoms with Gasteiger partial charge in [0.1, 0.15) is 0 Å². The maximum Gasteiger partial charge on any atom is 0.255 e. The molecule has 0 unspecified atom stereocenters. The van der Waals surface area contributed by atoms with Crippen LogP contribution >= 0.6 is 11.3 Å². The molecule has 3 aromatic rings. The molecule has 0 spiro atoms. The molecule has 0 saturated heterocycles. The van der Waals surface area contributed by atoms with E-state index in [0.717, 1.165) is 10.6 Å². The summed E-state index contributed by atoms with van der Waals surface area (Å²) >= 11 is 1.48. The van der Waals surface area contributed by atoms with Crippen LogP contribution in [0.4, 0.5) is 11.4 Å². The smallest absolute Gasteiger partial charge is 0.255 e. The van der Waals surface area contributed by atoms with E-state index in [4.69, 9.17) is 0 Å². The topological polar surface area (TPSA) is 78.5 Å². The van der Waals surface area contributed by atoms with Crippen molar-refractivity contribution in [2.75, 3.05) is 24.3 Å². The number of benzene rings is 2. The first-order chi connectivity index (χ1) is 13.3. The summed E-state index contributed by atoms with van der Waals surface area (Å²) in [7, 11) is 0.164. The fourth-order valence-electron chi connectivity index (χ4n) is 2.51. The highest BCUT2D eigenvalue weighted by atomic mass is 32.2. The second-order valence-electron chi connectivity index (χ2n) is 6.33. The van der Waals surface area contributed by atoms with Gasteiger partial charge in [-0.1, -0.05) is 12.1 Å². The molecule has 0 bridgehead atoms. The van der Waals surface area contributed by atoms with E-state index in [1.54, 1.807) is 24.3 Å². The molecule has 2 N–H and O–H groups in total. The SMILES string of the molecule is CN(C)c1ccc(NC(=O)c2cccc(S(=O)(=O)NCc3cccs3)c2)cc1. The van der Waals surface area contributed by atoms with Gasteiger partial charge in [-0.05, 0) is 53.9 Å². The van der Waals surface area contributed by atoms with Gasteiger partial charge < -0.3 is 10.2 Å². The third kappa shape index (κ3) is 4.98. The maximum atomic E-state index is 12.5. The Morgan fingerprint density at radius 3 is 2.43 bits per heavy atom. The van der Waals surface area contributed by atoms with Crippen molar-refractivity contribution < 1.29 is 13.2 Å². The molecule has 3 rings (SSSR count). The zero-order valence-electron chi connectivity index (χ0n) is 15.5. The summed E-state index contributed by atoms with van der Waals surface area (Å²) in [6.45, 7) is 0.217. The Bertz CT molecular complexity index is 1040. The van der Waals surface area contributed by atoms with E-state index < -0.39 is 10.0 Å². The van der Waals surface area contributed by atoms with Crippen LogP contribution in [0.1, 0.15) is 15.2 Å². The molecule has 0 fully saturated rings. The molecule has 1 heterocycles. The number of hydrogen-bond acceptors (Lipinski definition) is 5. The Balaban J connectivity index is 1.71. The number of thiophene rings is 1. The van der Waals surface area contributed by atoms with Gasteiger partial charge in [0, 0.05) is 42.5 Å². The predicted molar refractivity (Wildman–Crippen MR) is 114 cm³/mol. The van der Waals surface area contributed by atoms with Crippen LogP contribution in [0.15, 0.2) is 70.9 Å². The number of anilines is 2. The normalized spacial score (nSPS) is 11.2. The third-order valence-electron chi connectivity index (χ3n) is 4.06. The van der Waals surface area contributed by atoms with Crippen molar-refractivity contribution in [1.29, 1.82) is 0 Å². The van der Waals surface area contributed by atoms with E-state index in [1.165, 1.54) is 23.5 Å². The largest absolute Gasteiger partial charge is 0.378 e. The molecule has 0 aliphatic heterocycles. The summed E-state index contributed by atoms with van der Waals surface area (Å²) in [5, 5.41) is 4.67. The van der Waals surface area contributed by atoms with E-state index in [9.17, 15) is 13.2 Å². The van der Waals surface area contributed by atoms with Crippen LogP contribution in [-0.4, -0.2) is 28.4 Å². The van der Waals surface area contributed by atoms with Crippen molar-refractivity contribution in [2.45, 2.75) is 11.4 Å². The number of rotatable bonds is 7. The van der Waals surface area contributed by atoms with Crippen LogP contribution in [0.3, 0.4) is 0 Å². The minimum atomic E-state index is -3.71. The standard InChI is InChI=1S/C20H21N3O3S2/c1-23(2)17-10-8-16(9-11-17)22-20(24)15-5-3-7-19(13-15)28(25,26)21-14-18-6-4-12-27-18/h3-13,21H,14H2,1-2H3,(H,22,24). The average Bonchev–Trinajstić information content (AvgIpc) is 3.21. The summed E-state index contributed by atoms with van der Waals surface area (Å²) in [5.74, 6) is -0.368. The van der Waals surface area contributed by atoms with E-state index in [-0.39, 0.29) is 22.9 Å². The van der Waals surface area contributed by atoms with E-state index >= 15 is 0 Å². The molecule has 1 amide bonds. The minimum Gasteiger partial charge on any atom is -0.378 e. The quantitative estimate of drug-likeness (QED) is 0.619. The van der Waals surface area contributed by atoms with Gasteiger partial charge in [-0.15, -0.1) is 11.3 Å². The van der Waals surface area contributed by atoms with Gasteiger partial charge >= 0.3 is 0 Å². The van der Waals surface area contributed by atoms with Crippen molar-refractivity contribution in [3.63, 3.8) is 0 Å². The van der Waals surface area contributed by atoms with Gasteiger partial charge in [0.15, 0.2) is 0 Å². The Hall–Kier alpha value is -2.68. The highest BCUT2D eigenvalue weighted by molar-refractivity contribution is 7.89. The van der Waals surface area contributed by atoms with Crippen LogP contribution < -0.4 is 14.9 Å². The van der Waals surface area contributed by atoms with Gasteiger partial charge in [-0.3, -0.25) is 4.79 Å². The lowest BCUT2D eigenvalue weighted by Gasteiger charge is -2.13. The van der Waals surface area contributed by atoms with Crippen LogP contribution in [-0.2, 0) is 16.6 Å². The average molecular weight is 416 g/mol. The van der Waals surface area contributed by atoms with Crippen LogP contribution in [0, 0.1) is 0 Å². The Labute approximate surface area is 168 Å². The van der Waals surface area contributed by atoms with Gasteiger partial charge in [-0.2, -0.15) is 0 Å². The molecule has 146 valence electrons. The predicted octanol–water partition coefficient (Wildman–Crippen LogP) is 3.54. The number of nitrogens with zero attached hydrogens (tertiary/aromatic N) is 1. The second-order valence-corrected chi connectivity index (χ2v) is 9.13. The number of carbonyl (C=O) groups is 1. The molecule has 2 aromatic carbocycles. The van der Waals surface area contributed by atoms with Gasteiger partial charge in [-0.25, -0.2) is 13.1 Å². The summed E-state index contributed by atoms with van der Waals surface area (Å²) in [6.07, 6.45) is 0. The van der Waals surface area contributed by atoms with Crippen molar-refractivity contribution in [2.24, 2.45) is 0 Å². The Kier molecular flexibility index (Phi) is 6.13. The molecule has 6 nitrogen and oxygen atoms in total. The summed E-state index contributed by atoms with van der Waals surface area (Å²) in [6, 6.07) is 17.1. The lowest BCUT2D eigenvalue weighted by molar-refractivity contribution is 0.102. The number of carbonyl (C=O) groups excluding carboxylic acids is 1. The first kappa shape index (κ1) is 20.1. The van der Waals surface area contributed by atoms with Crippen molar-refractivity contribution in [3.05, 3.63) is 76.5 Å². The van der Waals surface area contributed by atoms with Crippen molar-refractivity contribution >= 4 is 38.6 Å². The molecule has 0 atom stereocenters. The van der Waals surface area contributed by atoms with Crippen LogP contribution in [0.2, 0.25) is 0 Å². The number of sulfonamides is 1. The zero-order valence-corrected chi connectivity index (χ0v) is 17.2. The Morgan fingerprint density at radius 1 is 1.04 bits per heavy atom. The fourth-order valence-corrected chi connectivity index (χ4v) is 4.30. The zero-order chi connectivity index (χ0) is 20.1. The van der Waals surface area contributed by atoms with E-state index in [2.05, 4.69) is 10.0 Å². The molecule has 0 saturated carbocycles. The number of nitrogens with one attached hydrogen (secondary N) is 2. The van der Waals surface area contributed by atoms with Gasteiger partial charge in [0.25, 0.3) is 5.91 Å². The van der Waals surface area contributed by atoms with E-state index in [0.29, 0.717) is 5.69 Å². The monoisotopic (exact) mass is 415 g/mol. The summed E-state index contributed by atoms with van der Waals surface area (Å²) < 4.78 is 27.6. The highest BCUT2D eigenvalue weighted by Crippen LogP contribution is 2.18. The molecule has 8 heteroatoms. The number of amides is 1. The second kappa shape index (κ2) is 8.55. The van der Waals surface area contributed by atoms with Gasteiger partial charge in [0.05, 0.1) is 4.90 Å². The lowest BCUT2D eigenvalue weighted by Crippen LogP contribution is -2.23. The third-order valence-corrected chi connectivity index (χ3v) is 6.34. The van der Waals surface area contributed by atoms with Crippen molar-refractivity contribution in [1.82, 2.24) is 4.72 Å². The molecular formula is C20H21N3O3S2. The molecular weight excluding hydrogens is 394 g/mol. The fraction of sp³-hybridized carbons (Fsp3) is 0.150. The van der Waals surface area contributed by atoms with Crippen LogP contribution in [0.25, 0.3) is 0 Å². The highest BCUT2D eigenvalue weighted by Gasteiger charge is 2.16. The lowest BCUT2D eigenvalue weighted by atomic mass is 10.2. The van der Waals surface area contributed by atoms with Crippen LogP contribution in [0.5, 0.6) is 0 Å². The molecule has 0 aliphatic rings. The summed E-state index contributed by atoms with van der Waals surface area (Å²) in [5.41, 5.74) is 1.93. The Morgan fingerprint density at radius 2 is 1.79 bits per heavy atom. The molecule has 0 radical (unpaired) electrons. The summed E-state index contributed by atoms with van der Waals surface area (Å²) in [4.78, 5) is 15.5. The maximum absolute atomic E-state index is 12.5. The van der Waals surface area contributed by atoms with Gasteiger partial charge in [0.2, 0.25) is 10.0 Å². The molecule has 0 aliphatic carbocycles. The molecule has 1 aromatic heterocycles. The first-order valence-corrected chi connectivity index (χ1v) is 10.9.